The molecule has 0 fully saturated rings. The van der Waals surface area contributed by atoms with E-state index in [1.165, 1.54) is 18.7 Å². The highest BCUT2D eigenvalue weighted by atomic mass is 19.1. The van der Waals surface area contributed by atoms with E-state index in [0.29, 0.717) is 24.5 Å². The first kappa shape index (κ1) is 18.6. The van der Waals surface area contributed by atoms with E-state index in [-0.39, 0.29) is 5.97 Å². The van der Waals surface area contributed by atoms with Crippen LogP contribution in [-0.2, 0) is 16.1 Å². The number of carbonyl (C=O) groups excluding carboxylic acids is 1. The van der Waals surface area contributed by atoms with Gasteiger partial charge in [-0.05, 0) is 11.6 Å². The minimum Gasteiger partial charge on any atom is -0.486 e. The van der Waals surface area contributed by atoms with Crippen LogP contribution in [0.25, 0.3) is 0 Å². The summed E-state index contributed by atoms with van der Waals surface area (Å²) in [5.74, 6) is -0.251. The molecule has 0 radical (unpaired) electrons. The fourth-order valence-electron chi connectivity index (χ4n) is 2.47. The van der Waals surface area contributed by atoms with Crippen LogP contribution in [0.5, 0.6) is 5.75 Å². The molecule has 134 valence electrons. The maximum Gasteiger partial charge on any atom is 0.305 e. The molecule has 2 N–H and O–H groups in total. The maximum atomic E-state index is 13.8. The zero-order valence-electron chi connectivity index (χ0n) is 14.5. The van der Waals surface area contributed by atoms with Crippen LogP contribution >= 0.6 is 0 Å². The van der Waals surface area contributed by atoms with Crippen molar-refractivity contribution in [2.75, 3.05) is 30.9 Å². The highest BCUT2D eigenvalue weighted by molar-refractivity contribution is 5.68. The first-order chi connectivity index (χ1) is 12.0. The third-order valence-electron chi connectivity index (χ3n) is 3.73. The quantitative estimate of drug-likeness (QED) is 0.682. The van der Waals surface area contributed by atoms with Gasteiger partial charge in [-0.2, -0.15) is 0 Å². The highest BCUT2D eigenvalue weighted by Gasteiger charge is 2.22. The molecule has 0 spiro atoms. The number of benzene rings is 2. The Hall–Kier alpha value is -2.76. The van der Waals surface area contributed by atoms with Gasteiger partial charge in [0.1, 0.15) is 6.61 Å². The molecular weight excluding hydrogens is 323 g/mol. The molecule has 2 aromatic rings. The lowest BCUT2D eigenvalue weighted by molar-refractivity contribution is -0.140. The van der Waals surface area contributed by atoms with Crippen LogP contribution in [0.1, 0.15) is 18.9 Å². The first-order valence-corrected chi connectivity index (χ1v) is 8.12. The second-order valence-corrected chi connectivity index (χ2v) is 5.54. The van der Waals surface area contributed by atoms with Gasteiger partial charge in [-0.1, -0.05) is 37.3 Å². The average Bonchev–Trinajstić information content (AvgIpc) is 2.63. The summed E-state index contributed by atoms with van der Waals surface area (Å²) in [6.07, 6.45) is 0.469. The molecule has 0 aromatic heterocycles. The molecule has 2 aromatic carbocycles. The van der Waals surface area contributed by atoms with Crippen molar-refractivity contribution in [3.63, 3.8) is 0 Å². The SMILES string of the molecule is CCC(=O)OC.Nc1cc(F)c2c(c1)N(Cc1ccccc1)CCO2. The predicted octanol–water partition coefficient (Wildman–Crippen LogP) is 3.38. The van der Waals surface area contributed by atoms with Crippen molar-refractivity contribution in [1.82, 2.24) is 0 Å². The predicted molar refractivity (Wildman–Crippen MR) is 96.1 cm³/mol. The van der Waals surface area contributed by atoms with Crippen molar-refractivity contribution in [2.45, 2.75) is 19.9 Å². The van der Waals surface area contributed by atoms with E-state index in [9.17, 15) is 9.18 Å². The summed E-state index contributed by atoms with van der Waals surface area (Å²) in [7, 11) is 1.38. The fraction of sp³-hybridized carbons (Fsp3) is 0.316. The van der Waals surface area contributed by atoms with E-state index in [1.54, 1.807) is 13.0 Å². The van der Waals surface area contributed by atoms with E-state index in [2.05, 4.69) is 21.8 Å². The van der Waals surface area contributed by atoms with E-state index >= 15 is 0 Å². The molecule has 0 aliphatic carbocycles. The molecule has 0 bridgehead atoms. The molecule has 1 aliphatic heterocycles. The molecule has 1 aliphatic rings. The number of rotatable bonds is 3. The van der Waals surface area contributed by atoms with Crippen molar-refractivity contribution >= 4 is 17.3 Å². The largest absolute Gasteiger partial charge is 0.486 e. The Labute approximate surface area is 147 Å². The Morgan fingerprint density at radius 2 is 2.04 bits per heavy atom. The van der Waals surface area contributed by atoms with Crippen LogP contribution < -0.4 is 15.4 Å². The number of methoxy groups -OCH3 is 1. The van der Waals surface area contributed by atoms with Crippen molar-refractivity contribution in [1.29, 1.82) is 0 Å². The second kappa shape index (κ2) is 8.92. The summed E-state index contributed by atoms with van der Waals surface area (Å²) in [6.45, 7) is 3.69. The minimum absolute atomic E-state index is 0.157. The summed E-state index contributed by atoms with van der Waals surface area (Å²) in [5.41, 5.74) is 8.04. The molecule has 5 nitrogen and oxygen atoms in total. The number of carbonyl (C=O) groups is 1. The van der Waals surface area contributed by atoms with E-state index in [4.69, 9.17) is 10.5 Å². The van der Waals surface area contributed by atoms with Crippen LogP contribution in [-0.4, -0.2) is 26.2 Å². The Morgan fingerprint density at radius 1 is 1.32 bits per heavy atom. The molecule has 1 heterocycles. The van der Waals surface area contributed by atoms with Gasteiger partial charge in [-0.15, -0.1) is 0 Å². The lowest BCUT2D eigenvalue weighted by atomic mass is 10.1. The van der Waals surface area contributed by atoms with Gasteiger partial charge in [0.25, 0.3) is 0 Å². The molecule has 0 unspecified atom stereocenters. The number of ether oxygens (including phenoxy) is 2. The van der Waals surface area contributed by atoms with Gasteiger partial charge < -0.3 is 20.1 Å². The molecular formula is C19H23FN2O3. The fourth-order valence-corrected chi connectivity index (χ4v) is 2.47. The summed E-state index contributed by atoms with van der Waals surface area (Å²) < 4.78 is 23.5. The molecule has 6 heteroatoms. The summed E-state index contributed by atoms with van der Waals surface area (Å²) in [5, 5.41) is 0. The monoisotopic (exact) mass is 346 g/mol. The zero-order valence-corrected chi connectivity index (χ0v) is 14.5. The van der Waals surface area contributed by atoms with Gasteiger partial charge in [0.15, 0.2) is 11.6 Å². The van der Waals surface area contributed by atoms with Crippen LogP contribution in [0, 0.1) is 5.82 Å². The third kappa shape index (κ3) is 5.11. The number of hydrogen-bond donors (Lipinski definition) is 1. The molecule has 0 saturated carbocycles. The van der Waals surface area contributed by atoms with E-state index < -0.39 is 5.82 Å². The smallest absolute Gasteiger partial charge is 0.305 e. The number of nitrogen functional groups attached to an aromatic ring is 1. The van der Waals surface area contributed by atoms with Crippen molar-refractivity contribution in [3.8, 4) is 5.75 Å². The lowest BCUT2D eigenvalue weighted by Gasteiger charge is -2.31. The molecule has 0 saturated heterocycles. The number of nitrogens with two attached hydrogens (primary N) is 1. The standard InChI is InChI=1S/C15H15FN2O.C4H8O2/c16-13-8-12(17)9-14-15(13)19-7-6-18(14)10-11-4-2-1-3-5-11;1-3-4(5)6-2/h1-5,8-9H,6-7,10,17H2;3H2,1-2H3. The number of nitrogens with zero attached hydrogens (tertiary/aromatic N) is 1. The normalized spacial score (nSPS) is 12.4. The van der Waals surface area contributed by atoms with Gasteiger partial charge in [-0.25, -0.2) is 4.39 Å². The molecule has 3 rings (SSSR count). The number of esters is 1. The number of hydrogen-bond acceptors (Lipinski definition) is 5. The zero-order chi connectivity index (χ0) is 18.2. The lowest BCUT2D eigenvalue weighted by Crippen LogP contribution is -2.32. The Kier molecular flexibility index (Phi) is 6.62. The van der Waals surface area contributed by atoms with Gasteiger partial charge in [-0.3, -0.25) is 4.79 Å². The van der Waals surface area contributed by atoms with Gasteiger partial charge in [0.05, 0.1) is 19.3 Å². The Balaban J connectivity index is 0.000000326. The van der Waals surface area contributed by atoms with Gasteiger partial charge in [0, 0.05) is 24.7 Å². The van der Waals surface area contributed by atoms with E-state index in [0.717, 1.165) is 18.8 Å². The summed E-state index contributed by atoms with van der Waals surface area (Å²) >= 11 is 0. The summed E-state index contributed by atoms with van der Waals surface area (Å²) in [6, 6.07) is 13.1. The van der Waals surface area contributed by atoms with E-state index in [1.807, 2.05) is 18.2 Å². The van der Waals surface area contributed by atoms with Crippen molar-refractivity contribution < 1.29 is 18.7 Å². The third-order valence-corrected chi connectivity index (χ3v) is 3.73. The second-order valence-electron chi connectivity index (χ2n) is 5.54. The first-order valence-electron chi connectivity index (χ1n) is 8.12. The molecule has 0 atom stereocenters. The average molecular weight is 346 g/mol. The van der Waals surface area contributed by atoms with Gasteiger partial charge in [0.2, 0.25) is 0 Å². The highest BCUT2D eigenvalue weighted by Crippen LogP contribution is 2.36. The Morgan fingerprint density at radius 3 is 2.64 bits per heavy atom. The minimum atomic E-state index is -0.396. The Bertz CT molecular complexity index is 701. The molecule has 25 heavy (non-hydrogen) atoms. The van der Waals surface area contributed by atoms with Gasteiger partial charge >= 0.3 is 5.97 Å². The maximum absolute atomic E-state index is 13.8. The van der Waals surface area contributed by atoms with Crippen LogP contribution in [0.15, 0.2) is 42.5 Å². The topological polar surface area (TPSA) is 64.8 Å². The summed E-state index contributed by atoms with van der Waals surface area (Å²) in [4.78, 5) is 12.0. The van der Waals surface area contributed by atoms with Crippen LogP contribution in [0.4, 0.5) is 15.8 Å². The van der Waals surface area contributed by atoms with Crippen LogP contribution in [0.2, 0.25) is 0 Å². The van der Waals surface area contributed by atoms with Crippen LogP contribution in [0.3, 0.4) is 0 Å². The number of anilines is 2. The van der Waals surface area contributed by atoms with Crippen molar-refractivity contribution in [3.05, 3.63) is 53.8 Å². The molecule has 0 amide bonds. The van der Waals surface area contributed by atoms with Crippen molar-refractivity contribution in [2.24, 2.45) is 0 Å². The number of halogens is 1. The number of fused-ring (bicyclic) bond motifs is 1.